The number of carbonyl (C=O) groups is 1. The van der Waals surface area contributed by atoms with E-state index in [0.717, 1.165) is 15.6 Å². The number of nitrogens with two attached hydrogens (primary N) is 1. The minimum atomic E-state index is -0.877. The lowest BCUT2D eigenvalue weighted by Crippen LogP contribution is -2.14. The molecule has 1 atom stereocenters. The first-order chi connectivity index (χ1) is 6.00. The summed E-state index contributed by atoms with van der Waals surface area (Å²) in [4.78, 5) is 15.5. The normalized spacial score (nSPS) is 12.8. The van der Waals surface area contributed by atoms with Crippen molar-refractivity contribution in [1.82, 2.24) is 4.98 Å². The first-order valence-electron chi connectivity index (χ1n) is 3.92. The Morgan fingerprint density at radius 3 is 2.69 bits per heavy atom. The summed E-state index contributed by atoms with van der Waals surface area (Å²) in [6.07, 6.45) is -0.0392. The summed E-state index contributed by atoms with van der Waals surface area (Å²) in [7, 11) is 0. The van der Waals surface area contributed by atoms with Gasteiger partial charge in [-0.25, -0.2) is 4.98 Å². The monoisotopic (exact) mass is 200 g/mol. The van der Waals surface area contributed by atoms with Crippen LogP contribution in [0.25, 0.3) is 0 Å². The molecule has 0 aliphatic rings. The molecule has 0 amide bonds. The highest BCUT2D eigenvalue weighted by molar-refractivity contribution is 7.11. The minimum absolute atomic E-state index is 0.0392. The Morgan fingerprint density at radius 2 is 2.31 bits per heavy atom. The van der Waals surface area contributed by atoms with E-state index in [-0.39, 0.29) is 6.42 Å². The molecule has 0 spiro atoms. The maximum absolute atomic E-state index is 10.4. The molecular weight excluding hydrogens is 188 g/mol. The van der Waals surface area contributed by atoms with Gasteiger partial charge in [0.1, 0.15) is 0 Å². The molecule has 13 heavy (non-hydrogen) atoms. The number of hydrogen-bond acceptors (Lipinski definition) is 4. The number of nitrogens with zero attached hydrogens (tertiary/aromatic N) is 1. The molecular formula is C8H12N2O2S. The standard InChI is InChI=1S/C8H12N2O2S/c1-4-8(13-5(2)10-4)6(9)3-7(11)12/h6H,3,9H2,1-2H3,(H,11,12). The first kappa shape index (κ1) is 10.1. The van der Waals surface area contributed by atoms with Gasteiger partial charge in [-0.3, -0.25) is 4.79 Å². The molecule has 1 heterocycles. The second kappa shape index (κ2) is 3.85. The van der Waals surface area contributed by atoms with Gasteiger partial charge in [0.15, 0.2) is 0 Å². The molecule has 0 fully saturated rings. The summed E-state index contributed by atoms with van der Waals surface area (Å²) in [5.41, 5.74) is 6.54. The Hall–Kier alpha value is -0.940. The summed E-state index contributed by atoms with van der Waals surface area (Å²) in [6, 6.07) is -0.427. The van der Waals surface area contributed by atoms with Crippen LogP contribution in [-0.4, -0.2) is 16.1 Å². The lowest BCUT2D eigenvalue weighted by molar-refractivity contribution is -0.137. The van der Waals surface area contributed by atoms with E-state index >= 15 is 0 Å². The first-order valence-corrected chi connectivity index (χ1v) is 4.73. The largest absolute Gasteiger partial charge is 0.481 e. The third kappa shape index (κ3) is 2.50. The van der Waals surface area contributed by atoms with Crippen molar-refractivity contribution in [3.05, 3.63) is 15.6 Å². The second-order valence-corrected chi connectivity index (χ2v) is 4.12. The summed E-state index contributed by atoms with van der Waals surface area (Å²) < 4.78 is 0. The maximum Gasteiger partial charge on any atom is 0.305 e. The lowest BCUT2D eigenvalue weighted by atomic mass is 10.1. The van der Waals surface area contributed by atoms with Gasteiger partial charge in [-0.05, 0) is 13.8 Å². The molecule has 5 heteroatoms. The Labute approximate surface area is 80.4 Å². The van der Waals surface area contributed by atoms with Crippen molar-refractivity contribution >= 4 is 17.3 Å². The van der Waals surface area contributed by atoms with E-state index in [0.29, 0.717) is 0 Å². The van der Waals surface area contributed by atoms with Crippen LogP contribution in [0, 0.1) is 13.8 Å². The van der Waals surface area contributed by atoms with Gasteiger partial charge in [-0.15, -0.1) is 11.3 Å². The van der Waals surface area contributed by atoms with Gasteiger partial charge in [-0.1, -0.05) is 0 Å². The van der Waals surface area contributed by atoms with Crippen LogP contribution in [0.4, 0.5) is 0 Å². The van der Waals surface area contributed by atoms with Gasteiger partial charge >= 0.3 is 5.97 Å². The maximum atomic E-state index is 10.4. The molecule has 0 radical (unpaired) electrons. The van der Waals surface area contributed by atoms with Gasteiger partial charge in [0, 0.05) is 4.88 Å². The number of carboxylic acid groups (broad SMARTS) is 1. The molecule has 0 aliphatic carbocycles. The summed E-state index contributed by atoms with van der Waals surface area (Å²) >= 11 is 1.46. The van der Waals surface area contributed by atoms with E-state index in [2.05, 4.69) is 4.98 Å². The fourth-order valence-corrected chi connectivity index (χ4v) is 2.10. The second-order valence-electron chi connectivity index (χ2n) is 2.89. The highest BCUT2D eigenvalue weighted by atomic mass is 32.1. The Kier molecular flexibility index (Phi) is 3.00. The number of hydrogen-bond donors (Lipinski definition) is 2. The number of carboxylic acids is 1. The molecule has 1 aromatic rings. The molecule has 1 rings (SSSR count). The average molecular weight is 200 g/mol. The van der Waals surface area contributed by atoms with Crippen LogP contribution in [0.15, 0.2) is 0 Å². The molecule has 4 nitrogen and oxygen atoms in total. The quantitative estimate of drug-likeness (QED) is 0.769. The van der Waals surface area contributed by atoms with Crippen LogP contribution in [0.1, 0.15) is 28.0 Å². The van der Waals surface area contributed by atoms with Crippen molar-refractivity contribution in [2.45, 2.75) is 26.3 Å². The number of thiazole rings is 1. The summed E-state index contributed by atoms with van der Waals surface area (Å²) in [6.45, 7) is 3.73. The van der Waals surface area contributed by atoms with Gasteiger partial charge in [0.05, 0.1) is 23.2 Å². The third-order valence-corrected chi connectivity index (χ3v) is 2.88. The van der Waals surface area contributed by atoms with Crippen LogP contribution in [0.2, 0.25) is 0 Å². The number of aromatic nitrogens is 1. The molecule has 0 aliphatic heterocycles. The molecule has 0 bridgehead atoms. The van der Waals surface area contributed by atoms with Crippen molar-refractivity contribution in [3.8, 4) is 0 Å². The van der Waals surface area contributed by atoms with E-state index in [1.807, 2.05) is 13.8 Å². The zero-order valence-electron chi connectivity index (χ0n) is 7.57. The fraction of sp³-hybridized carbons (Fsp3) is 0.500. The molecule has 0 aromatic carbocycles. The van der Waals surface area contributed by atoms with Crippen LogP contribution < -0.4 is 5.73 Å². The molecule has 3 N–H and O–H groups in total. The smallest absolute Gasteiger partial charge is 0.305 e. The molecule has 1 aromatic heterocycles. The third-order valence-electron chi connectivity index (χ3n) is 1.67. The topological polar surface area (TPSA) is 76.2 Å². The molecule has 1 unspecified atom stereocenters. The van der Waals surface area contributed by atoms with E-state index in [9.17, 15) is 4.79 Å². The Bertz CT molecular complexity index is 322. The van der Waals surface area contributed by atoms with E-state index in [1.54, 1.807) is 0 Å². The van der Waals surface area contributed by atoms with Gasteiger partial charge in [0.25, 0.3) is 0 Å². The van der Waals surface area contributed by atoms with Crippen molar-refractivity contribution in [1.29, 1.82) is 0 Å². The number of rotatable bonds is 3. The Morgan fingerprint density at radius 1 is 1.69 bits per heavy atom. The SMILES string of the molecule is Cc1nc(C)c(C(N)CC(=O)O)s1. The van der Waals surface area contributed by atoms with Crippen molar-refractivity contribution < 1.29 is 9.90 Å². The predicted molar refractivity (Wildman–Crippen MR) is 50.8 cm³/mol. The highest BCUT2D eigenvalue weighted by Crippen LogP contribution is 2.24. The van der Waals surface area contributed by atoms with Gasteiger partial charge in [-0.2, -0.15) is 0 Å². The van der Waals surface area contributed by atoms with Gasteiger partial charge in [0.2, 0.25) is 0 Å². The van der Waals surface area contributed by atoms with Crippen molar-refractivity contribution in [2.24, 2.45) is 5.73 Å². The predicted octanol–water partition coefficient (Wildman–Crippen LogP) is 1.23. The minimum Gasteiger partial charge on any atom is -0.481 e. The van der Waals surface area contributed by atoms with E-state index in [4.69, 9.17) is 10.8 Å². The lowest BCUT2D eigenvalue weighted by Gasteiger charge is -2.05. The van der Waals surface area contributed by atoms with Crippen molar-refractivity contribution in [2.75, 3.05) is 0 Å². The molecule has 0 saturated carbocycles. The molecule has 72 valence electrons. The average Bonchev–Trinajstić information content (AvgIpc) is 2.28. The van der Waals surface area contributed by atoms with Crippen molar-refractivity contribution in [3.63, 3.8) is 0 Å². The van der Waals surface area contributed by atoms with Crippen LogP contribution in [0.5, 0.6) is 0 Å². The summed E-state index contributed by atoms with van der Waals surface area (Å²) in [5.74, 6) is -0.877. The van der Waals surface area contributed by atoms with Crippen LogP contribution in [0.3, 0.4) is 0 Å². The highest BCUT2D eigenvalue weighted by Gasteiger charge is 2.15. The van der Waals surface area contributed by atoms with Crippen LogP contribution in [-0.2, 0) is 4.79 Å². The molecule has 0 saturated heterocycles. The van der Waals surface area contributed by atoms with E-state index < -0.39 is 12.0 Å². The zero-order chi connectivity index (χ0) is 10.0. The Balaban J connectivity index is 2.81. The zero-order valence-corrected chi connectivity index (χ0v) is 8.39. The fourth-order valence-electron chi connectivity index (χ4n) is 1.17. The number of aliphatic carboxylic acids is 1. The van der Waals surface area contributed by atoms with E-state index in [1.165, 1.54) is 11.3 Å². The van der Waals surface area contributed by atoms with Gasteiger partial charge < -0.3 is 10.8 Å². The summed E-state index contributed by atoms with van der Waals surface area (Å²) in [5, 5.41) is 9.47. The number of aryl methyl sites for hydroxylation is 2. The van der Waals surface area contributed by atoms with Crippen LogP contribution >= 0.6 is 11.3 Å².